The van der Waals surface area contributed by atoms with Crippen molar-refractivity contribution in [1.82, 2.24) is 25.8 Å². The first kappa shape index (κ1) is 34.1. The molecule has 12 nitrogen and oxygen atoms in total. The van der Waals surface area contributed by atoms with Crippen LogP contribution >= 0.6 is 0 Å². The predicted molar refractivity (Wildman–Crippen MR) is 161 cm³/mol. The van der Waals surface area contributed by atoms with E-state index in [0.717, 1.165) is 12.8 Å². The molecule has 6 atom stereocenters. The minimum atomic E-state index is -1.11. The zero-order valence-electron chi connectivity index (χ0n) is 27.1. The van der Waals surface area contributed by atoms with Crippen LogP contribution in [0.25, 0.3) is 0 Å². The maximum atomic E-state index is 14.2. The van der Waals surface area contributed by atoms with Gasteiger partial charge < -0.3 is 31.5 Å². The number of likely N-dealkylation sites (tertiary alicyclic amines) is 1. The molecule has 0 bridgehead atoms. The third-order valence-corrected chi connectivity index (χ3v) is 9.43. The molecule has 5 N–H and O–H groups in total. The second kappa shape index (κ2) is 12.3. The lowest BCUT2D eigenvalue weighted by molar-refractivity contribution is -0.145. The topological polar surface area (TPSA) is 171 Å². The third-order valence-electron chi connectivity index (χ3n) is 9.43. The molecule has 1 heterocycles. The van der Waals surface area contributed by atoms with Gasteiger partial charge in [0.1, 0.15) is 18.1 Å². The lowest BCUT2D eigenvalue weighted by Gasteiger charge is -2.38. The normalized spacial score (nSPS) is 24.2. The molecule has 0 aromatic rings. The Morgan fingerprint density at radius 2 is 1.63 bits per heavy atom. The molecule has 1 unspecified atom stereocenters. The van der Waals surface area contributed by atoms with Gasteiger partial charge in [-0.2, -0.15) is 0 Å². The van der Waals surface area contributed by atoms with Gasteiger partial charge in [0.15, 0.2) is 0 Å². The lowest BCUT2D eigenvalue weighted by Crippen LogP contribution is -2.62. The van der Waals surface area contributed by atoms with Crippen LogP contribution in [0, 0.1) is 28.6 Å². The molecule has 240 valence electrons. The Morgan fingerprint density at radius 3 is 2.09 bits per heavy atom. The zero-order valence-corrected chi connectivity index (χ0v) is 27.1. The molecule has 1 aliphatic heterocycles. The van der Waals surface area contributed by atoms with Gasteiger partial charge in [0.05, 0.1) is 6.04 Å². The van der Waals surface area contributed by atoms with Gasteiger partial charge in [-0.1, -0.05) is 54.0 Å². The number of piperidine rings is 1. The van der Waals surface area contributed by atoms with E-state index in [1.165, 1.54) is 9.80 Å². The van der Waals surface area contributed by atoms with Crippen LogP contribution in [-0.2, 0) is 24.0 Å². The largest absolute Gasteiger partial charge is 0.363 e. The Hall–Kier alpha value is -3.44. The van der Waals surface area contributed by atoms with E-state index in [2.05, 4.69) is 22.5 Å². The fraction of sp³-hybridized carbons (Fsp3) is 0.742. The highest BCUT2D eigenvalue weighted by atomic mass is 16.2. The van der Waals surface area contributed by atoms with Crippen molar-refractivity contribution in [3.05, 3.63) is 12.2 Å². The van der Waals surface area contributed by atoms with E-state index in [0.29, 0.717) is 18.5 Å². The number of hydrogen-bond acceptors (Lipinski definition) is 6. The number of nitrogens with zero attached hydrogens (tertiary/aromatic N) is 2. The van der Waals surface area contributed by atoms with E-state index in [-0.39, 0.29) is 35.1 Å². The molecule has 3 rings (SSSR count). The number of nitrogens with two attached hydrogens (primary N) is 1. The average molecular weight is 603 g/mol. The first-order chi connectivity index (χ1) is 19.7. The van der Waals surface area contributed by atoms with Crippen LogP contribution < -0.4 is 21.7 Å². The molecule has 12 heteroatoms. The molecule has 0 radical (unpaired) electrons. The number of Topliss-reactive ketones (excluding diaryl/α,β-unsaturated/α-hetero) is 1. The van der Waals surface area contributed by atoms with Crippen LogP contribution in [0.2, 0.25) is 0 Å². The quantitative estimate of drug-likeness (QED) is 0.194. The maximum Gasteiger partial charge on any atom is 0.316 e. The molecule has 1 saturated heterocycles. The van der Waals surface area contributed by atoms with E-state index >= 15 is 0 Å². The number of carbonyl (C=O) groups excluding carboxylic acids is 6. The summed E-state index contributed by atoms with van der Waals surface area (Å²) in [6.45, 7) is 19.0. The Labute approximate surface area is 254 Å². The lowest BCUT2D eigenvalue weighted by atomic mass is 9.85. The van der Waals surface area contributed by atoms with E-state index in [1.807, 2.05) is 27.7 Å². The summed E-state index contributed by atoms with van der Waals surface area (Å²) in [4.78, 5) is 81.4. The molecule has 2 saturated carbocycles. The van der Waals surface area contributed by atoms with Gasteiger partial charge in [-0.05, 0) is 61.3 Å². The van der Waals surface area contributed by atoms with Crippen molar-refractivity contribution in [2.45, 2.75) is 105 Å². The molecule has 3 fully saturated rings. The minimum absolute atomic E-state index is 0.0624. The smallest absolute Gasteiger partial charge is 0.316 e. The fourth-order valence-corrected chi connectivity index (χ4v) is 6.13. The number of urea groups is 1. The first-order valence-corrected chi connectivity index (χ1v) is 15.1. The number of primary amides is 1. The summed E-state index contributed by atoms with van der Waals surface area (Å²) in [5.41, 5.74) is 4.76. The standard InChI is InChI=1S/C31H50N6O6/c1-15(2)21(27(41)36(10)16(3)4)34-29(43)35-24(30(5,6)7)28(42)37-14-18-20(31(18,8)9)22(37)26(40)33-19(13-17-11-12-17)23(38)25(32)39/h16-22,24H,1,11-14H2,2-10H3,(H2,32,39)(H,33,40)(H2,34,35,43)/t18-,19?,20-,21-,22-,24+/m0/s1. The summed E-state index contributed by atoms with van der Waals surface area (Å²) < 4.78 is 0. The van der Waals surface area contributed by atoms with Gasteiger partial charge in [0.25, 0.3) is 5.91 Å². The van der Waals surface area contributed by atoms with Gasteiger partial charge in [-0.15, -0.1) is 0 Å². The second-order valence-electron chi connectivity index (χ2n) is 14.6. The van der Waals surface area contributed by atoms with Crippen LogP contribution in [0.1, 0.15) is 74.7 Å². The van der Waals surface area contributed by atoms with Crippen LogP contribution in [-0.4, -0.2) is 89.0 Å². The summed E-state index contributed by atoms with van der Waals surface area (Å²) in [6, 6.07) is -4.77. The highest BCUT2D eigenvalue weighted by Gasteiger charge is 2.70. The molecule has 6 amide bonds. The third kappa shape index (κ3) is 7.38. The number of rotatable bonds is 12. The van der Waals surface area contributed by atoms with Crippen molar-refractivity contribution in [2.75, 3.05) is 13.6 Å². The molecule has 43 heavy (non-hydrogen) atoms. The Morgan fingerprint density at radius 1 is 1.05 bits per heavy atom. The zero-order chi connectivity index (χ0) is 32.8. The number of amides is 6. The predicted octanol–water partition coefficient (Wildman–Crippen LogP) is 1.33. The Kier molecular flexibility index (Phi) is 9.72. The molecular formula is C31H50N6O6. The highest BCUT2D eigenvalue weighted by molar-refractivity contribution is 6.37. The summed E-state index contributed by atoms with van der Waals surface area (Å²) in [6.07, 6.45) is 2.15. The first-order valence-electron chi connectivity index (χ1n) is 15.1. The Balaban J connectivity index is 1.82. The van der Waals surface area contributed by atoms with Crippen LogP contribution in [0.4, 0.5) is 4.79 Å². The van der Waals surface area contributed by atoms with E-state index in [9.17, 15) is 28.8 Å². The van der Waals surface area contributed by atoms with Crippen molar-refractivity contribution < 1.29 is 28.8 Å². The molecule has 0 aromatic heterocycles. The fourth-order valence-electron chi connectivity index (χ4n) is 6.13. The summed E-state index contributed by atoms with van der Waals surface area (Å²) in [7, 11) is 1.64. The van der Waals surface area contributed by atoms with Crippen molar-refractivity contribution >= 4 is 35.4 Å². The molecule has 0 spiro atoms. The molecule has 3 aliphatic rings. The monoisotopic (exact) mass is 602 g/mol. The second-order valence-corrected chi connectivity index (χ2v) is 14.6. The number of nitrogens with one attached hydrogen (secondary N) is 3. The van der Waals surface area contributed by atoms with Gasteiger partial charge in [-0.3, -0.25) is 24.0 Å². The summed E-state index contributed by atoms with van der Waals surface area (Å²) in [5.74, 6) is -3.08. The van der Waals surface area contributed by atoms with Crippen LogP contribution in [0.15, 0.2) is 12.2 Å². The van der Waals surface area contributed by atoms with Gasteiger partial charge in [0, 0.05) is 19.6 Å². The van der Waals surface area contributed by atoms with Gasteiger partial charge >= 0.3 is 6.03 Å². The van der Waals surface area contributed by atoms with E-state index in [4.69, 9.17) is 5.73 Å². The van der Waals surface area contributed by atoms with Gasteiger partial charge in [-0.25, -0.2) is 4.79 Å². The Bertz CT molecular complexity index is 1190. The number of ketones is 1. The SMILES string of the molecule is C=C(C)[C@H](NC(=O)N[C@H](C(=O)N1C[C@H]2[C@@H]([C@H]1C(=O)NC(CC1CC1)C(=O)C(N)=O)C2(C)C)C(C)(C)C)C(=O)N(C)C(C)C. The van der Waals surface area contributed by atoms with Crippen molar-refractivity contribution in [3.63, 3.8) is 0 Å². The minimum Gasteiger partial charge on any atom is -0.363 e. The maximum absolute atomic E-state index is 14.2. The average Bonchev–Trinajstić information content (AvgIpc) is 3.74. The summed E-state index contributed by atoms with van der Waals surface area (Å²) >= 11 is 0. The van der Waals surface area contributed by atoms with Gasteiger partial charge in [0.2, 0.25) is 23.5 Å². The van der Waals surface area contributed by atoms with Crippen molar-refractivity contribution in [2.24, 2.45) is 34.3 Å². The van der Waals surface area contributed by atoms with Crippen molar-refractivity contribution in [1.29, 1.82) is 0 Å². The molecule has 0 aromatic carbocycles. The number of fused-ring (bicyclic) bond motifs is 1. The highest BCUT2D eigenvalue weighted by Crippen LogP contribution is 2.65. The molecule has 2 aliphatic carbocycles. The summed E-state index contributed by atoms with van der Waals surface area (Å²) in [5, 5.41) is 8.17. The van der Waals surface area contributed by atoms with E-state index in [1.54, 1.807) is 34.7 Å². The van der Waals surface area contributed by atoms with Crippen LogP contribution in [0.5, 0.6) is 0 Å². The number of likely N-dealkylation sites (N-methyl/N-ethyl adjacent to an activating group) is 1. The number of hydrogen-bond donors (Lipinski definition) is 4. The number of carbonyl (C=O) groups is 6. The van der Waals surface area contributed by atoms with Crippen molar-refractivity contribution in [3.8, 4) is 0 Å². The van der Waals surface area contributed by atoms with E-state index < -0.39 is 59.1 Å². The van der Waals surface area contributed by atoms with Crippen LogP contribution in [0.3, 0.4) is 0 Å². The molecular weight excluding hydrogens is 552 g/mol.